The van der Waals surface area contributed by atoms with Gasteiger partial charge in [-0.3, -0.25) is 4.79 Å². The minimum atomic E-state index is -0.119. The molecule has 1 heterocycles. The summed E-state index contributed by atoms with van der Waals surface area (Å²) < 4.78 is 0. The molecule has 3 rings (SSSR count). The number of hydrogen-bond donors (Lipinski definition) is 1. The average Bonchev–Trinajstić information content (AvgIpc) is 2.49. The van der Waals surface area contributed by atoms with E-state index < -0.39 is 0 Å². The second-order valence-electron chi connectivity index (χ2n) is 5.13. The number of rotatable bonds is 2. The molecule has 0 aromatic heterocycles. The van der Waals surface area contributed by atoms with Gasteiger partial charge in [0.15, 0.2) is 0 Å². The molecule has 1 aliphatic heterocycles. The molecule has 2 aromatic carbocycles. The number of piperidine rings is 1. The quantitative estimate of drug-likeness (QED) is 0.895. The van der Waals surface area contributed by atoms with Gasteiger partial charge in [0.1, 0.15) is 0 Å². The van der Waals surface area contributed by atoms with Gasteiger partial charge in [0, 0.05) is 17.5 Å². The molecule has 1 aliphatic rings. The van der Waals surface area contributed by atoms with Crippen LogP contribution in [-0.2, 0) is 4.79 Å². The predicted octanol–water partition coefficient (Wildman–Crippen LogP) is 3.73. The zero-order valence-corrected chi connectivity index (χ0v) is 11.8. The maximum absolute atomic E-state index is 12.3. The molecule has 0 bridgehead atoms. The summed E-state index contributed by atoms with van der Waals surface area (Å²) in [5.41, 5.74) is 2.25. The zero-order chi connectivity index (χ0) is 13.9. The Bertz CT molecular complexity index is 594. The standard InChI is InChI=1S/C17H16ClNO/c18-14-8-6-12(7-9-14)15-10-11-19-17(20)16(15)13-4-2-1-3-5-13/h1-9,15-16H,10-11H2,(H,19,20)/t15-,16+/m1/s1. The summed E-state index contributed by atoms with van der Waals surface area (Å²) in [7, 11) is 0. The van der Waals surface area contributed by atoms with E-state index >= 15 is 0 Å². The predicted molar refractivity (Wildman–Crippen MR) is 81.0 cm³/mol. The molecule has 3 heteroatoms. The first-order valence-corrected chi connectivity index (χ1v) is 7.21. The van der Waals surface area contributed by atoms with Crippen molar-refractivity contribution in [2.24, 2.45) is 0 Å². The number of carbonyl (C=O) groups is 1. The number of hydrogen-bond acceptors (Lipinski definition) is 1. The molecule has 0 aliphatic carbocycles. The number of nitrogens with one attached hydrogen (secondary N) is 1. The number of benzene rings is 2. The van der Waals surface area contributed by atoms with Crippen LogP contribution >= 0.6 is 11.6 Å². The number of carbonyl (C=O) groups excluding carboxylic acids is 1. The minimum Gasteiger partial charge on any atom is -0.356 e. The third kappa shape index (κ3) is 2.56. The third-order valence-corrected chi connectivity index (χ3v) is 4.15. The summed E-state index contributed by atoms with van der Waals surface area (Å²) in [6, 6.07) is 17.8. The zero-order valence-electron chi connectivity index (χ0n) is 11.1. The lowest BCUT2D eigenvalue weighted by molar-refractivity contribution is -0.124. The van der Waals surface area contributed by atoms with Gasteiger partial charge in [0.2, 0.25) is 5.91 Å². The van der Waals surface area contributed by atoms with Crippen LogP contribution in [0.4, 0.5) is 0 Å². The van der Waals surface area contributed by atoms with Gasteiger partial charge in [-0.05, 0) is 29.7 Å². The molecule has 0 spiro atoms. The second-order valence-corrected chi connectivity index (χ2v) is 5.56. The Labute approximate surface area is 123 Å². The molecule has 2 nitrogen and oxygen atoms in total. The SMILES string of the molecule is O=C1NCC[C@H](c2ccc(Cl)cc2)[C@@H]1c1ccccc1. The van der Waals surface area contributed by atoms with E-state index in [9.17, 15) is 4.79 Å². The van der Waals surface area contributed by atoms with E-state index in [1.807, 2.05) is 54.6 Å². The molecule has 0 unspecified atom stereocenters. The van der Waals surface area contributed by atoms with Crippen LogP contribution in [0, 0.1) is 0 Å². The fourth-order valence-corrected chi connectivity index (χ4v) is 3.05. The first-order valence-electron chi connectivity index (χ1n) is 6.84. The molecule has 1 fully saturated rings. The van der Waals surface area contributed by atoms with E-state index in [4.69, 9.17) is 11.6 Å². The minimum absolute atomic E-state index is 0.113. The average molecular weight is 286 g/mol. The van der Waals surface area contributed by atoms with Crippen molar-refractivity contribution < 1.29 is 4.79 Å². The Morgan fingerprint density at radius 1 is 0.950 bits per heavy atom. The Hall–Kier alpha value is -1.80. The molecule has 2 aromatic rings. The highest BCUT2D eigenvalue weighted by Crippen LogP contribution is 2.38. The maximum Gasteiger partial charge on any atom is 0.228 e. The third-order valence-electron chi connectivity index (χ3n) is 3.90. The monoisotopic (exact) mass is 285 g/mol. The first-order chi connectivity index (χ1) is 9.75. The summed E-state index contributed by atoms with van der Waals surface area (Å²) in [6.07, 6.45) is 0.951. The normalized spacial score (nSPS) is 22.4. The van der Waals surface area contributed by atoms with Crippen molar-refractivity contribution in [3.8, 4) is 0 Å². The van der Waals surface area contributed by atoms with Gasteiger partial charge in [-0.2, -0.15) is 0 Å². The highest BCUT2D eigenvalue weighted by molar-refractivity contribution is 6.30. The largest absolute Gasteiger partial charge is 0.356 e. The molecule has 1 N–H and O–H groups in total. The molecule has 1 saturated heterocycles. The molecule has 0 radical (unpaired) electrons. The molecule has 102 valence electrons. The number of amides is 1. The van der Waals surface area contributed by atoms with Gasteiger partial charge in [0.25, 0.3) is 0 Å². The smallest absolute Gasteiger partial charge is 0.228 e. The maximum atomic E-state index is 12.3. The lowest BCUT2D eigenvalue weighted by Crippen LogP contribution is -2.39. The molecule has 2 atom stereocenters. The summed E-state index contributed by atoms with van der Waals surface area (Å²) in [5, 5.41) is 3.70. The van der Waals surface area contributed by atoms with Gasteiger partial charge in [-0.15, -0.1) is 0 Å². The summed E-state index contributed by atoms with van der Waals surface area (Å²) >= 11 is 5.95. The lowest BCUT2D eigenvalue weighted by Gasteiger charge is -2.31. The van der Waals surface area contributed by atoms with Gasteiger partial charge in [0.05, 0.1) is 5.92 Å². The van der Waals surface area contributed by atoms with Crippen molar-refractivity contribution in [1.29, 1.82) is 0 Å². The van der Waals surface area contributed by atoms with E-state index in [0.717, 1.165) is 23.6 Å². The summed E-state index contributed by atoms with van der Waals surface area (Å²) in [6.45, 7) is 0.732. The summed E-state index contributed by atoms with van der Waals surface area (Å²) in [4.78, 5) is 12.3. The van der Waals surface area contributed by atoms with E-state index in [0.29, 0.717) is 0 Å². The van der Waals surface area contributed by atoms with Crippen molar-refractivity contribution in [2.75, 3.05) is 6.54 Å². The van der Waals surface area contributed by atoms with Crippen LogP contribution in [0.25, 0.3) is 0 Å². The van der Waals surface area contributed by atoms with Crippen LogP contribution in [0.2, 0.25) is 5.02 Å². The van der Waals surface area contributed by atoms with Gasteiger partial charge in [-0.1, -0.05) is 54.1 Å². The fraction of sp³-hybridized carbons (Fsp3) is 0.235. The first kappa shape index (κ1) is 13.2. The second kappa shape index (κ2) is 5.68. The van der Waals surface area contributed by atoms with Gasteiger partial charge in [-0.25, -0.2) is 0 Å². The van der Waals surface area contributed by atoms with E-state index in [2.05, 4.69) is 5.32 Å². The molecular formula is C17H16ClNO. The number of halogens is 1. The highest BCUT2D eigenvalue weighted by Gasteiger charge is 2.33. The summed E-state index contributed by atoms with van der Waals surface area (Å²) in [5.74, 6) is 0.206. The lowest BCUT2D eigenvalue weighted by atomic mass is 9.77. The van der Waals surface area contributed by atoms with Crippen LogP contribution in [0.1, 0.15) is 29.4 Å². The van der Waals surface area contributed by atoms with Gasteiger partial charge >= 0.3 is 0 Å². The Morgan fingerprint density at radius 3 is 2.35 bits per heavy atom. The molecule has 20 heavy (non-hydrogen) atoms. The van der Waals surface area contributed by atoms with Crippen molar-refractivity contribution in [2.45, 2.75) is 18.3 Å². The van der Waals surface area contributed by atoms with Crippen molar-refractivity contribution >= 4 is 17.5 Å². The Morgan fingerprint density at radius 2 is 1.65 bits per heavy atom. The molecule has 0 saturated carbocycles. The fourth-order valence-electron chi connectivity index (χ4n) is 2.92. The van der Waals surface area contributed by atoms with Crippen molar-refractivity contribution in [3.63, 3.8) is 0 Å². The van der Waals surface area contributed by atoms with E-state index in [1.165, 1.54) is 5.56 Å². The highest BCUT2D eigenvalue weighted by atomic mass is 35.5. The van der Waals surface area contributed by atoms with E-state index in [-0.39, 0.29) is 17.7 Å². The van der Waals surface area contributed by atoms with Crippen molar-refractivity contribution in [1.82, 2.24) is 5.32 Å². The van der Waals surface area contributed by atoms with Crippen LogP contribution in [0.3, 0.4) is 0 Å². The Balaban J connectivity index is 1.98. The van der Waals surface area contributed by atoms with Crippen LogP contribution in [0.5, 0.6) is 0 Å². The molecular weight excluding hydrogens is 270 g/mol. The Kier molecular flexibility index (Phi) is 3.75. The van der Waals surface area contributed by atoms with Crippen molar-refractivity contribution in [3.05, 3.63) is 70.7 Å². The van der Waals surface area contributed by atoms with E-state index in [1.54, 1.807) is 0 Å². The molecule has 1 amide bonds. The van der Waals surface area contributed by atoms with Crippen LogP contribution in [0.15, 0.2) is 54.6 Å². The van der Waals surface area contributed by atoms with Gasteiger partial charge < -0.3 is 5.32 Å². The topological polar surface area (TPSA) is 29.1 Å². The van der Waals surface area contributed by atoms with Crippen LogP contribution in [-0.4, -0.2) is 12.5 Å². The van der Waals surface area contributed by atoms with Crippen LogP contribution < -0.4 is 5.32 Å².